The van der Waals surface area contributed by atoms with Crippen molar-refractivity contribution >= 4 is 0 Å². The SMILES string of the molecule is CN1CCCC2CN(CCCCCCNC3CC3)CCC21. The Kier molecular flexibility index (Phi) is 5.96. The number of rotatable bonds is 8. The van der Waals surface area contributed by atoms with E-state index in [4.69, 9.17) is 0 Å². The van der Waals surface area contributed by atoms with Crippen molar-refractivity contribution in [2.45, 2.75) is 69.9 Å². The Balaban J connectivity index is 1.23. The van der Waals surface area contributed by atoms with Crippen molar-refractivity contribution < 1.29 is 0 Å². The molecule has 2 saturated heterocycles. The number of likely N-dealkylation sites (tertiary alicyclic amines) is 2. The van der Waals surface area contributed by atoms with E-state index in [0.717, 1.165) is 18.0 Å². The minimum Gasteiger partial charge on any atom is -0.314 e. The third kappa shape index (κ3) is 4.94. The molecular weight excluding hydrogens is 258 g/mol. The summed E-state index contributed by atoms with van der Waals surface area (Å²) in [5, 5.41) is 3.62. The predicted octanol–water partition coefficient (Wildman–Crippen LogP) is 2.71. The summed E-state index contributed by atoms with van der Waals surface area (Å²) >= 11 is 0. The Morgan fingerprint density at radius 2 is 1.81 bits per heavy atom. The lowest BCUT2D eigenvalue weighted by molar-refractivity contribution is 0.0380. The standard InChI is InChI=1S/C18H35N3/c1-20-12-6-7-16-15-21(14-10-18(16)20)13-5-3-2-4-11-19-17-8-9-17/h16-19H,2-15H2,1H3. The van der Waals surface area contributed by atoms with Crippen molar-refractivity contribution in [3.8, 4) is 0 Å². The molecule has 21 heavy (non-hydrogen) atoms. The first-order valence-electron chi connectivity index (χ1n) is 9.49. The molecule has 0 radical (unpaired) electrons. The molecular formula is C18H35N3. The summed E-state index contributed by atoms with van der Waals surface area (Å²) in [6, 6.07) is 1.78. The molecule has 0 spiro atoms. The van der Waals surface area contributed by atoms with E-state index < -0.39 is 0 Å². The van der Waals surface area contributed by atoms with Gasteiger partial charge < -0.3 is 15.1 Å². The van der Waals surface area contributed by atoms with Crippen molar-refractivity contribution in [1.82, 2.24) is 15.1 Å². The largest absolute Gasteiger partial charge is 0.314 e. The molecule has 3 aliphatic rings. The van der Waals surface area contributed by atoms with Crippen molar-refractivity contribution in [2.75, 3.05) is 39.8 Å². The number of unbranched alkanes of at least 4 members (excludes halogenated alkanes) is 3. The summed E-state index contributed by atoms with van der Waals surface area (Å²) in [5.41, 5.74) is 0. The first-order valence-corrected chi connectivity index (χ1v) is 9.49. The first kappa shape index (κ1) is 15.8. The van der Waals surface area contributed by atoms with E-state index >= 15 is 0 Å². The van der Waals surface area contributed by atoms with Gasteiger partial charge in [-0.3, -0.25) is 0 Å². The Bertz CT molecular complexity index is 303. The highest BCUT2D eigenvalue weighted by Gasteiger charge is 2.33. The van der Waals surface area contributed by atoms with Gasteiger partial charge in [0.05, 0.1) is 0 Å². The quantitative estimate of drug-likeness (QED) is 0.694. The molecule has 1 saturated carbocycles. The fraction of sp³-hybridized carbons (Fsp3) is 1.00. The normalized spacial score (nSPS) is 31.3. The molecule has 0 amide bonds. The number of nitrogens with one attached hydrogen (secondary N) is 1. The van der Waals surface area contributed by atoms with E-state index in [9.17, 15) is 0 Å². The molecule has 0 aromatic rings. The Morgan fingerprint density at radius 3 is 2.67 bits per heavy atom. The predicted molar refractivity (Wildman–Crippen MR) is 89.7 cm³/mol. The van der Waals surface area contributed by atoms with Crippen LogP contribution in [0.4, 0.5) is 0 Å². The molecule has 1 N–H and O–H groups in total. The van der Waals surface area contributed by atoms with Crippen LogP contribution in [0, 0.1) is 5.92 Å². The van der Waals surface area contributed by atoms with E-state index in [1.807, 2.05) is 0 Å². The Labute approximate surface area is 131 Å². The smallest absolute Gasteiger partial charge is 0.0145 e. The zero-order valence-corrected chi connectivity index (χ0v) is 14.0. The molecule has 2 aliphatic heterocycles. The second kappa shape index (κ2) is 7.94. The summed E-state index contributed by atoms with van der Waals surface area (Å²) < 4.78 is 0. The van der Waals surface area contributed by atoms with Crippen LogP contribution < -0.4 is 5.32 Å². The van der Waals surface area contributed by atoms with Crippen LogP contribution in [-0.2, 0) is 0 Å². The number of nitrogens with zero attached hydrogens (tertiary/aromatic N) is 2. The fourth-order valence-corrected chi connectivity index (χ4v) is 4.34. The van der Waals surface area contributed by atoms with Crippen LogP contribution in [0.25, 0.3) is 0 Å². The van der Waals surface area contributed by atoms with Crippen LogP contribution in [0.1, 0.15) is 57.8 Å². The van der Waals surface area contributed by atoms with Gasteiger partial charge in [-0.15, -0.1) is 0 Å². The molecule has 3 nitrogen and oxygen atoms in total. The van der Waals surface area contributed by atoms with Gasteiger partial charge in [0, 0.05) is 18.6 Å². The number of hydrogen-bond donors (Lipinski definition) is 1. The summed E-state index contributed by atoms with van der Waals surface area (Å²) in [7, 11) is 2.34. The third-order valence-corrected chi connectivity index (χ3v) is 5.84. The van der Waals surface area contributed by atoms with Crippen LogP contribution in [0.3, 0.4) is 0 Å². The summed E-state index contributed by atoms with van der Waals surface area (Å²) in [4.78, 5) is 5.38. The maximum atomic E-state index is 3.62. The van der Waals surface area contributed by atoms with Gasteiger partial charge in [-0.25, -0.2) is 0 Å². The topological polar surface area (TPSA) is 18.5 Å². The van der Waals surface area contributed by atoms with E-state index in [-0.39, 0.29) is 0 Å². The molecule has 1 aliphatic carbocycles. The molecule has 0 bridgehead atoms. The lowest BCUT2D eigenvalue weighted by Crippen LogP contribution is -2.52. The van der Waals surface area contributed by atoms with Gasteiger partial charge in [0.2, 0.25) is 0 Å². The zero-order chi connectivity index (χ0) is 14.5. The van der Waals surface area contributed by atoms with Gasteiger partial charge in [0.25, 0.3) is 0 Å². The average Bonchev–Trinajstić information content (AvgIpc) is 3.31. The highest BCUT2D eigenvalue weighted by molar-refractivity contribution is 4.89. The van der Waals surface area contributed by atoms with Crippen LogP contribution in [0.2, 0.25) is 0 Å². The lowest BCUT2D eigenvalue weighted by Gasteiger charge is -2.46. The van der Waals surface area contributed by atoms with Gasteiger partial charge in [-0.1, -0.05) is 12.8 Å². The fourth-order valence-electron chi connectivity index (χ4n) is 4.34. The summed E-state index contributed by atoms with van der Waals surface area (Å²) in [6.07, 6.45) is 12.8. The molecule has 2 atom stereocenters. The van der Waals surface area contributed by atoms with Crippen LogP contribution in [0.5, 0.6) is 0 Å². The van der Waals surface area contributed by atoms with Crippen molar-refractivity contribution in [3.05, 3.63) is 0 Å². The molecule has 2 heterocycles. The molecule has 122 valence electrons. The average molecular weight is 293 g/mol. The molecule has 2 unspecified atom stereocenters. The van der Waals surface area contributed by atoms with Gasteiger partial charge in [-0.05, 0) is 84.1 Å². The minimum absolute atomic E-state index is 0.889. The number of hydrogen-bond acceptors (Lipinski definition) is 3. The van der Waals surface area contributed by atoms with Crippen molar-refractivity contribution in [3.63, 3.8) is 0 Å². The van der Waals surface area contributed by atoms with Crippen LogP contribution >= 0.6 is 0 Å². The van der Waals surface area contributed by atoms with E-state index in [2.05, 4.69) is 22.2 Å². The highest BCUT2D eigenvalue weighted by atomic mass is 15.2. The van der Waals surface area contributed by atoms with Gasteiger partial charge >= 0.3 is 0 Å². The Morgan fingerprint density at radius 1 is 0.952 bits per heavy atom. The van der Waals surface area contributed by atoms with Gasteiger partial charge in [0.1, 0.15) is 0 Å². The molecule has 3 fully saturated rings. The molecule has 0 aromatic heterocycles. The second-order valence-corrected chi connectivity index (χ2v) is 7.68. The number of piperidine rings is 2. The van der Waals surface area contributed by atoms with Gasteiger partial charge in [-0.2, -0.15) is 0 Å². The Hall–Kier alpha value is -0.120. The lowest BCUT2D eigenvalue weighted by atomic mass is 9.84. The van der Waals surface area contributed by atoms with Crippen LogP contribution in [-0.4, -0.2) is 61.7 Å². The van der Waals surface area contributed by atoms with E-state index in [1.165, 1.54) is 90.5 Å². The van der Waals surface area contributed by atoms with Gasteiger partial charge in [0.15, 0.2) is 0 Å². The molecule has 0 aromatic carbocycles. The van der Waals surface area contributed by atoms with Crippen LogP contribution in [0.15, 0.2) is 0 Å². The third-order valence-electron chi connectivity index (χ3n) is 5.84. The van der Waals surface area contributed by atoms with E-state index in [0.29, 0.717) is 0 Å². The zero-order valence-electron chi connectivity index (χ0n) is 14.0. The molecule has 3 rings (SSSR count). The number of fused-ring (bicyclic) bond motifs is 1. The summed E-state index contributed by atoms with van der Waals surface area (Å²) in [5.74, 6) is 0.959. The maximum Gasteiger partial charge on any atom is 0.0145 e. The molecule has 3 heteroatoms. The maximum absolute atomic E-state index is 3.62. The first-order chi connectivity index (χ1) is 10.3. The van der Waals surface area contributed by atoms with Crippen molar-refractivity contribution in [2.24, 2.45) is 5.92 Å². The van der Waals surface area contributed by atoms with Crippen molar-refractivity contribution in [1.29, 1.82) is 0 Å². The second-order valence-electron chi connectivity index (χ2n) is 7.68. The minimum atomic E-state index is 0.889. The van der Waals surface area contributed by atoms with E-state index in [1.54, 1.807) is 0 Å². The monoisotopic (exact) mass is 293 g/mol. The highest BCUT2D eigenvalue weighted by Crippen LogP contribution is 2.29. The summed E-state index contributed by atoms with van der Waals surface area (Å²) in [6.45, 7) is 6.65.